The number of ether oxygens (including phenoxy) is 3. The number of esters is 1. The molecule has 1 fully saturated rings. The molecule has 0 amide bonds. The van der Waals surface area contributed by atoms with E-state index in [1.165, 1.54) is 11.3 Å². The normalized spacial score (nSPS) is 20.5. The van der Waals surface area contributed by atoms with Crippen LogP contribution in [0.15, 0.2) is 0 Å². The Balaban J connectivity index is 1.91. The van der Waals surface area contributed by atoms with E-state index >= 15 is 0 Å². The maximum absolute atomic E-state index is 12.0. The Morgan fingerprint density at radius 3 is 2.89 bits per heavy atom. The summed E-state index contributed by atoms with van der Waals surface area (Å²) >= 11 is 1.45. The minimum atomic E-state index is -0.490. The zero-order valence-corrected chi connectivity index (χ0v) is 11.7. The van der Waals surface area contributed by atoms with E-state index in [1.807, 2.05) is 0 Å². The molecule has 1 spiro atoms. The lowest BCUT2D eigenvalue weighted by Crippen LogP contribution is -2.36. The van der Waals surface area contributed by atoms with Crippen molar-refractivity contribution in [1.29, 1.82) is 0 Å². The van der Waals surface area contributed by atoms with E-state index < -0.39 is 5.79 Å². The van der Waals surface area contributed by atoms with E-state index in [2.05, 4.69) is 0 Å². The van der Waals surface area contributed by atoms with Crippen molar-refractivity contribution in [3.05, 3.63) is 16.0 Å². The van der Waals surface area contributed by atoms with Crippen molar-refractivity contribution < 1.29 is 19.0 Å². The molecule has 104 valence electrons. The fraction of sp³-hybridized carbons (Fsp3) is 0.615. The third kappa shape index (κ3) is 2.13. The van der Waals surface area contributed by atoms with Gasteiger partial charge in [-0.3, -0.25) is 0 Å². The SMILES string of the molecule is CCOC(=O)c1c(N)sc2c1CCC1(C2)OCCO1. The Hall–Kier alpha value is -1.11. The second-order valence-corrected chi connectivity index (χ2v) is 5.88. The van der Waals surface area contributed by atoms with Crippen molar-refractivity contribution in [3.8, 4) is 0 Å². The number of thiophene rings is 1. The van der Waals surface area contributed by atoms with Crippen LogP contribution < -0.4 is 5.73 Å². The minimum Gasteiger partial charge on any atom is -0.462 e. The fourth-order valence-electron chi connectivity index (χ4n) is 2.76. The smallest absolute Gasteiger partial charge is 0.341 e. The molecule has 0 saturated carbocycles. The third-order valence-corrected chi connectivity index (χ3v) is 4.66. The molecular weight excluding hydrogens is 266 g/mol. The molecule has 2 aliphatic rings. The Morgan fingerprint density at radius 2 is 2.21 bits per heavy atom. The predicted octanol–water partition coefficient (Wildman–Crippen LogP) is 1.74. The highest BCUT2D eigenvalue weighted by molar-refractivity contribution is 7.16. The molecule has 1 aromatic heterocycles. The lowest BCUT2D eigenvalue weighted by Gasteiger charge is -2.31. The van der Waals surface area contributed by atoms with Crippen molar-refractivity contribution in [3.63, 3.8) is 0 Å². The Labute approximate surface area is 115 Å². The molecule has 0 unspecified atom stereocenters. The third-order valence-electron chi connectivity index (χ3n) is 3.60. The number of nitrogen functional groups attached to an aromatic ring is 1. The zero-order chi connectivity index (χ0) is 13.5. The quantitative estimate of drug-likeness (QED) is 0.837. The topological polar surface area (TPSA) is 70.8 Å². The van der Waals surface area contributed by atoms with Crippen molar-refractivity contribution in [2.24, 2.45) is 0 Å². The van der Waals surface area contributed by atoms with Gasteiger partial charge in [0.15, 0.2) is 5.79 Å². The zero-order valence-electron chi connectivity index (χ0n) is 10.9. The molecule has 1 aromatic rings. The summed E-state index contributed by atoms with van der Waals surface area (Å²) in [6.07, 6.45) is 2.19. The Kier molecular flexibility index (Phi) is 3.24. The van der Waals surface area contributed by atoms with Crippen LogP contribution in [0.2, 0.25) is 0 Å². The van der Waals surface area contributed by atoms with Crippen molar-refractivity contribution in [2.45, 2.75) is 32.0 Å². The highest BCUT2D eigenvalue weighted by atomic mass is 32.1. The maximum Gasteiger partial charge on any atom is 0.341 e. The summed E-state index contributed by atoms with van der Waals surface area (Å²) in [6.45, 7) is 3.43. The first-order valence-electron chi connectivity index (χ1n) is 6.50. The van der Waals surface area contributed by atoms with E-state index in [1.54, 1.807) is 6.92 Å². The number of carbonyl (C=O) groups is 1. The van der Waals surface area contributed by atoms with Crippen LogP contribution in [0.3, 0.4) is 0 Å². The van der Waals surface area contributed by atoms with Crippen LogP contribution in [0.4, 0.5) is 5.00 Å². The van der Waals surface area contributed by atoms with Crippen LogP contribution in [0.5, 0.6) is 0 Å². The molecule has 3 rings (SSSR count). The van der Waals surface area contributed by atoms with E-state index in [9.17, 15) is 4.79 Å². The van der Waals surface area contributed by atoms with E-state index in [-0.39, 0.29) is 5.97 Å². The van der Waals surface area contributed by atoms with Gasteiger partial charge in [-0.15, -0.1) is 11.3 Å². The first kappa shape index (κ1) is 12.9. The fourth-order valence-corrected chi connectivity index (χ4v) is 3.95. The second kappa shape index (κ2) is 4.77. The van der Waals surface area contributed by atoms with Crippen LogP contribution in [-0.2, 0) is 27.1 Å². The summed E-state index contributed by atoms with van der Waals surface area (Å²) in [5.41, 5.74) is 7.55. The first-order chi connectivity index (χ1) is 9.15. The van der Waals surface area contributed by atoms with Gasteiger partial charge in [-0.25, -0.2) is 4.79 Å². The highest BCUT2D eigenvalue weighted by Crippen LogP contribution is 2.42. The molecule has 0 radical (unpaired) electrons. The Morgan fingerprint density at radius 1 is 1.47 bits per heavy atom. The first-order valence-corrected chi connectivity index (χ1v) is 7.32. The second-order valence-electron chi connectivity index (χ2n) is 4.75. The number of hydrogen-bond donors (Lipinski definition) is 1. The van der Waals surface area contributed by atoms with Gasteiger partial charge in [-0.05, 0) is 18.9 Å². The van der Waals surface area contributed by atoms with Gasteiger partial charge in [0.1, 0.15) is 5.00 Å². The number of hydrogen-bond acceptors (Lipinski definition) is 6. The summed E-state index contributed by atoms with van der Waals surface area (Å²) in [4.78, 5) is 13.0. The van der Waals surface area contributed by atoms with Gasteiger partial charge in [0.25, 0.3) is 0 Å². The summed E-state index contributed by atoms with van der Waals surface area (Å²) in [5.74, 6) is -0.808. The predicted molar refractivity (Wildman–Crippen MR) is 71.3 cm³/mol. The van der Waals surface area contributed by atoms with Gasteiger partial charge in [0.2, 0.25) is 0 Å². The molecule has 5 nitrogen and oxygen atoms in total. The highest BCUT2D eigenvalue weighted by Gasteiger charge is 2.42. The molecule has 1 aliphatic heterocycles. The van der Waals surface area contributed by atoms with Crippen molar-refractivity contribution in [2.75, 3.05) is 25.6 Å². The Bertz CT molecular complexity index is 505. The number of rotatable bonds is 2. The monoisotopic (exact) mass is 283 g/mol. The molecule has 2 heterocycles. The van der Waals surface area contributed by atoms with Crippen molar-refractivity contribution in [1.82, 2.24) is 0 Å². The number of anilines is 1. The largest absolute Gasteiger partial charge is 0.462 e. The summed E-state index contributed by atoms with van der Waals surface area (Å²) in [5, 5.41) is 0.540. The van der Waals surface area contributed by atoms with Crippen LogP contribution >= 0.6 is 11.3 Å². The number of carbonyl (C=O) groups excluding carboxylic acids is 1. The van der Waals surface area contributed by atoms with Crippen LogP contribution in [-0.4, -0.2) is 31.6 Å². The van der Waals surface area contributed by atoms with Gasteiger partial charge in [0, 0.05) is 17.7 Å². The number of nitrogens with two attached hydrogens (primary N) is 1. The molecule has 2 N–H and O–H groups in total. The van der Waals surface area contributed by atoms with Crippen molar-refractivity contribution >= 4 is 22.3 Å². The summed E-state index contributed by atoms with van der Waals surface area (Å²) < 4.78 is 16.5. The molecule has 1 aliphatic carbocycles. The van der Waals surface area contributed by atoms with E-state index in [4.69, 9.17) is 19.9 Å². The molecule has 0 bridgehead atoms. The average Bonchev–Trinajstić information content (AvgIpc) is 2.93. The van der Waals surface area contributed by atoms with Crippen LogP contribution in [0.1, 0.15) is 34.1 Å². The van der Waals surface area contributed by atoms with Gasteiger partial charge >= 0.3 is 5.97 Å². The summed E-state index contributed by atoms with van der Waals surface area (Å²) in [6, 6.07) is 0. The van der Waals surface area contributed by atoms with Crippen LogP contribution in [0.25, 0.3) is 0 Å². The minimum absolute atomic E-state index is 0.318. The molecular formula is C13H17NO4S. The lowest BCUT2D eigenvalue weighted by atomic mass is 9.91. The van der Waals surface area contributed by atoms with Gasteiger partial charge in [0.05, 0.1) is 25.4 Å². The standard InChI is InChI=1S/C13H17NO4S/c1-2-16-12(15)10-8-3-4-13(17-5-6-18-13)7-9(8)19-11(10)14/h2-7,14H2,1H3. The molecule has 0 atom stereocenters. The van der Waals surface area contributed by atoms with Gasteiger partial charge < -0.3 is 19.9 Å². The maximum atomic E-state index is 12.0. The molecule has 0 aromatic carbocycles. The summed E-state index contributed by atoms with van der Waals surface area (Å²) in [7, 11) is 0. The molecule has 1 saturated heterocycles. The average molecular weight is 283 g/mol. The molecule has 19 heavy (non-hydrogen) atoms. The lowest BCUT2D eigenvalue weighted by molar-refractivity contribution is -0.163. The molecule has 6 heteroatoms. The van der Waals surface area contributed by atoms with E-state index in [0.717, 1.165) is 23.3 Å². The van der Waals surface area contributed by atoms with E-state index in [0.29, 0.717) is 36.8 Å². The van der Waals surface area contributed by atoms with Crippen LogP contribution in [0, 0.1) is 0 Å². The van der Waals surface area contributed by atoms with Gasteiger partial charge in [-0.1, -0.05) is 0 Å². The van der Waals surface area contributed by atoms with Gasteiger partial charge in [-0.2, -0.15) is 0 Å². The number of fused-ring (bicyclic) bond motifs is 1.